The first-order valence-corrected chi connectivity index (χ1v) is 3.66. The molecule has 0 aliphatic rings. The molecule has 0 heterocycles. The molecule has 0 saturated carbocycles. The predicted octanol–water partition coefficient (Wildman–Crippen LogP) is 2.11. The maximum Gasteiger partial charge on any atom is 0.0718 e. The lowest BCUT2D eigenvalue weighted by molar-refractivity contribution is 0.219. The lowest BCUT2D eigenvalue weighted by atomic mass is 10.2. The summed E-state index contributed by atoms with van der Waals surface area (Å²) in [5.74, 6) is 0. The molecule has 0 spiro atoms. The second kappa shape index (κ2) is 5.83. The second-order valence-electron chi connectivity index (χ2n) is 2.19. The molecule has 0 fully saturated rings. The van der Waals surface area contributed by atoms with E-state index in [1.165, 1.54) is 0 Å². The van der Waals surface area contributed by atoms with E-state index in [2.05, 4.69) is 6.92 Å². The Hall–Kier alpha value is -0.300. The summed E-state index contributed by atoms with van der Waals surface area (Å²) in [5, 5.41) is 9.00. The highest BCUT2D eigenvalue weighted by molar-refractivity contribution is 4.87. The first-order chi connectivity index (χ1) is 4.31. The third kappa shape index (κ3) is 5.57. The molecule has 0 aromatic rings. The van der Waals surface area contributed by atoms with E-state index >= 15 is 0 Å². The van der Waals surface area contributed by atoms with E-state index in [1.807, 2.05) is 19.1 Å². The first kappa shape index (κ1) is 8.70. The van der Waals surface area contributed by atoms with Gasteiger partial charge in [0, 0.05) is 0 Å². The normalized spacial score (nSPS) is 14.6. The van der Waals surface area contributed by atoms with Crippen LogP contribution in [0.4, 0.5) is 0 Å². The largest absolute Gasteiger partial charge is 0.389 e. The SMILES string of the molecule is CCC/C=C/[C@H](O)CC. The lowest BCUT2D eigenvalue weighted by Gasteiger charge is -1.97. The minimum absolute atomic E-state index is 0.225. The highest BCUT2D eigenvalue weighted by Gasteiger charge is 1.89. The Morgan fingerprint density at radius 1 is 1.44 bits per heavy atom. The zero-order valence-corrected chi connectivity index (χ0v) is 6.30. The summed E-state index contributed by atoms with van der Waals surface area (Å²) in [6.45, 7) is 4.10. The maximum absolute atomic E-state index is 9.00. The van der Waals surface area contributed by atoms with Crippen LogP contribution in [0.2, 0.25) is 0 Å². The number of hydrogen-bond donors (Lipinski definition) is 1. The summed E-state index contributed by atoms with van der Waals surface area (Å²) in [6, 6.07) is 0. The van der Waals surface area contributed by atoms with Crippen molar-refractivity contribution in [3.05, 3.63) is 12.2 Å². The zero-order chi connectivity index (χ0) is 7.11. The van der Waals surface area contributed by atoms with E-state index in [4.69, 9.17) is 5.11 Å². The van der Waals surface area contributed by atoms with Crippen molar-refractivity contribution in [1.82, 2.24) is 0 Å². The topological polar surface area (TPSA) is 20.2 Å². The van der Waals surface area contributed by atoms with Gasteiger partial charge in [-0.2, -0.15) is 0 Å². The summed E-state index contributed by atoms with van der Waals surface area (Å²) < 4.78 is 0. The molecular weight excluding hydrogens is 112 g/mol. The van der Waals surface area contributed by atoms with Crippen molar-refractivity contribution in [3.8, 4) is 0 Å². The number of allylic oxidation sites excluding steroid dienone is 1. The van der Waals surface area contributed by atoms with Crippen LogP contribution in [0.25, 0.3) is 0 Å². The van der Waals surface area contributed by atoms with Gasteiger partial charge in [0.15, 0.2) is 0 Å². The Kier molecular flexibility index (Phi) is 5.64. The van der Waals surface area contributed by atoms with Crippen LogP contribution in [-0.2, 0) is 0 Å². The predicted molar refractivity (Wildman–Crippen MR) is 40.3 cm³/mol. The van der Waals surface area contributed by atoms with Gasteiger partial charge in [-0.3, -0.25) is 0 Å². The molecule has 1 N–H and O–H groups in total. The van der Waals surface area contributed by atoms with Crippen molar-refractivity contribution in [2.24, 2.45) is 0 Å². The van der Waals surface area contributed by atoms with Crippen molar-refractivity contribution < 1.29 is 5.11 Å². The molecule has 54 valence electrons. The maximum atomic E-state index is 9.00. The summed E-state index contributed by atoms with van der Waals surface area (Å²) in [5.41, 5.74) is 0. The van der Waals surface area contributed by atoms with Gasteiger partial charge in [-0.25, -0.2) is 0 Å². The summed E-state index contributed by atoms with van der Waals surface area (Å²) in [7, 11) is 0. The second-order valence-corrected chi connectivity index (χ2v) is 2.19. The van der Waals surface area contributed by atoms with Crippen molar-refractivity contribution in [2.75, 3.05) is 0 Å². The van der Waals surface area contributed by atoms with Crippen LogP contribution in [0, 0.1) is 0 Å². The van der Waals surface area contributed by atoms with Gasteiger partial charge in [0.1, 0.15) is 0 Å². The monoisotopic (exact) mass is 128 g/mol. The van der Waals surface area contributed by atoms with Crippen molar-refractivity contribution >= 4 is 0 Å². The molecule has 0 unspecified atom stereocenters. The zero-order valence-electron chi connectivity index (χ0n) is 6.30. The molecule has 0 bridgehead atoms. The highest BCUT2D eigenvalue weighted by Crippen LogP contribution is 1.94. The van der Waals surface area contributed by atoms with E-state index in [0.717, 1.165) is 19.3 Å². The Morgan fingerprint density at radius 3 is 2.56 bits per heavy atom. The molecule has 0 aliphatic carbocycles. The van der Waals surface area contributed by atoms with Gasteiger partial charge in [-0.05, 0) is 12.8 Å². The van der Waals surface area contributed by atoms with E-state index in [1.54, 1.807) is 0 Å². The van der Waals surface area contributed by atoms with Crippen LogP contribution in [0.5, 0.6) is 0 Å². The van der Waals surface area contributed by atoms with Gasteiger partial charge in [-0.15, -0.1) is 0 Å². The number of hydrogen-bond acceptors (Lipinski definition) is 1. The Morgan fingerprint density at radius 2 is 2.11 bits per heavy atom. The van der Waals surface area contributed by atoms with Crippen LogP contribution in [0.1, 0.15) is 33.1 Å². The molecule has 0 amide bonds. The van der Waals surface area contributed by atoms with Crippen LogP contribution < -0.4 is 0 Å². The molecule has 0 radical (unpaired) electrons. The highest BCUT2D eigenvalue weighted by atomic mass is 16.3. The van der Waals surface area contributed by atoms with E-state index in [0.29, 0.717) is 0 Å². The van der Waals surface area contributed by atoms with Gasteiger partial charge in [0.2, 0.25) is 0 Å². The molecule has 0 saturated heterocycles. The Labute approximate surface area is 57.4 Å². The molecule has 1 heteroatoms. The smallest absolute Gasteiger partial charge is 0.0718 e. The molecule has 0 aliphatic heterocycles. The third-order valence-corrected chi connectivity index (χ3v) is 1.23. The lowest BCUT2D eigenvalue weighted by Crippen LogP contribution is -1.97. The van der Waals surface area contributed by atoms with E-state index < -0.39 is 0 Å². The van der Waals surface area contributed by atoms with Gasteiger partial charge < -0.3 is 5.11 Å². The summed E-state index contributed by atoms with van der Waals surface area (Å²) in [4.78, 5) is 0. The van der Waals surface area contributed by atoms with Gasteiger partial charge >= 0.3 is 0 Å². The third-order valence-electron chi connectivity index (χ3n) is 1.23. The van der Waals surface area contributed by atoms with Crippen LogP contribution in [0.15, 0.2) is 12.2 Å². The molecule has 1 atom stereocenters. The average Bonchev–Trinajstić information content (AvgIpc) is 1.89. The number of unbranched alkanes of at least 4 members (excludes halogenated alkanes) is 1. The van der Waals surface area contributed by atoms with E-state index in [9.17, 15) is 0 Å². The van der Waals surface area contributed by atoms with Crippen molar-refractivity contribution in [2.45, 2.75) is 39.2 Å². The molecule has 0 aromatic heterocycles. The van der Waals surface area contributed by atoms with Gasteiger partial charge in [0.25, 0.3) is 0 Å². The fraction of sp³-hybridized carbons (Fsp3) is 0.750. The van der Waals surface area contributed by atoms with Crippen LogP contribution in [0.3, 0.4) is 0 Å². The van der Waals surface area contributed by atoms with Crippen LogP contribution in [-0.4, -0.2) is 11.2 Å². The van der Waals surface area contributed by atoms with Crippen molar-refractivity contribution in [1.29, 1.82) is 0 Å². The summed E-state index contributed by atoms with van der Waals surface area (Å²) in [6.07, 6.45) is 6.73. The van der Waals surface area contributed by atoms with Crippen LogP contribution >= 0.6 is 0 Å². The average molecular weight is 128 g/mol. The molecular formula is C8H16O. The molecule has 9 heavy (non-hydrogen) atoms. The molecule has 0 aromatic carbocycles. The Bertz CT molecular complexity index is 76.6. The minimum Gasteiger partial charge on any atom is -0.389 e. The van der Waals surface area contributed by atoms with Gasteiger partial charge in [-0.1, -0.05) is 32.4 Å². The molecule has 1 nitrogen and oxygen atoms in total. The minimum atomic E-state index is -0.225. The first-order valence-electron chi connectivity index (χ1n) is 3.66. The quantitative estimate of drug-likeness (QED) is 0.575. The fourth-order valence-electron chi connectivity index (χ4n) is 0.556. The summed E-state index contributed by atoms with van der Waals surface area (Å²) >= 11 is 0. The number of aliphatic hydroxyl groups excluding tert-OH is 1. The van der Waals surface area contributed by atoms with Crippen molar-refractivity contribution in [3.63, 3.8) is 0 Å². The standard InChI is InChI=1S/C8H16O/c1-3-5-6-7-8(9)4-2/h6-9H,3-5H2,1-2H3/b7-6+/t8-/m1/s1. The number of aliphatic hydroxyl groups is 1. The molecule has 0 rings (SSSR count). The fourth-order valence-corrected chi connectivity index (χ4v) is 0.556. The number of rotatable bonds is 4. The van der Waals surface area contributed by atoms with E-state index in [-0.39, 0.29) is 6.10 Å². The Balaban J connectivity index is 3.20. The van der Waals surface area contributed by atoms with Gasteiger partial charge in [0.05, 0.1) is 6.10 Å².